The molecule has 4 unspecified atom stereocenters. The van der Waals surface area contributed by atoms with Gasteiger partial charge in [0.15, 0.2) is 11.6 Å². The van der Waals surface area contributed by atoms with E-state index in [0.29, 0.717) is 36.8 Å². The number of aryl methyl sites for hydroxylation is 1. The fourth-order valence-electron chi connectivity index (χ4n) is 8.02. The summed E-state index contributed by atoms with van der Waals surface area (Å²) in [4.78, 5) is 0. The van der Waals surface area contributed by atoms with Crippen LogP contribution in [-0.4, -0.2) is 6.61 Å². The Morgan fingerprint density at radius 1 is 0.769 bits per heavy atom. The summed E-state index contributed by atoms with van der Waals surface area (Å²) in [5, 5.41) is 0. The van der Waals surface area contributed by atoms with Crippen LogP contribution in [0.25, 0.3) is 0 Å². The average molecular weight is 535 g/mol. The van der Waals surface area contributed by atoms with E-state index in [2.05, 4.69) is 37.8 Å². The van der Waals surface area contributed by atoms with E-state index < -0.39 is 11.6 Å². The van der Waals surface area contributed by atoms with Crippen LogP contribution in [0.4, 0.5) is 8.78 Å². The van der Waals surface area contributed by atoms with Crippen molar-refractivity contribution in [2.75, 3.05) is 6.61 Å². The number of hydrogen-bond donors (Lipinski definition) is 0. The Kier molecular flexibility index (Phi) is 9.80. The third kappa shape index (κ3) is 6.95. The van der Waals surface area contributed by atoms with Gasteiger partial charge in [-0.2, -0.15) is 4.39 Å². The molecule has 3 saturated carbocycles. The molecular weight excluding hydrogens is 486 g/mol. The van der Waals surface area contributed by atoms with Gasteiger partial charge >= 0.3 is 0 Å². The lowest BCUT2D eigenvalue weighted by Crippen LogP contribution is -2.32. The zero-order valence-electron chi connectivity index (χ0n) is 24.0. The zero-order chi connectivity index (χ0) is 27.2. The van der Waals surface area contributed by atoms with Crippen LogP contribution in [-0.2, 0) is 6.42 Å². The van der Waals surface area contributed by atoms with Crippen molar-refractivity contribution < 1.29 is 13.5 Å². The standard InChI is InChI=1S/C36H48F2O/c1-3-5-7-30-20-21-34(36(38)35(30)37)39-24-26-10-13-33-23-32(19-18-31(33)22-26)29-16-14-28(15-17-29)27-11-8-25(6-4-2)9-12-27/h3,14-17,20-21,25-27,31-33H,1,4-13,18-19,22-24H2,2H3. The summed E-state index contributed by atoms with van der Waals surface area (Å²) in [6, 6.07) is 13.0. The Balaban J connectivity index is 1.09. The molecule has 3 aliphatic carbocycles. The molecule has 0 saturated heterocycles. The van der Waals surface area contributed by atoms with Gasteiger partial charge in [0, 0.05) is 0 Å². The fourth-order valence-corrected chi connectivity index (χ4v) is 8.02. The predicted octanol–water partition coefficient (Wildman–Crippen LogP) is 10.5. The van der Waals surface area contributed by atoms with Crippen LogP contribution >= 0.6 is 0 Å². The van der Waals surface area contributed by atoms with Crippen LogP contribution in [0, 0.1) is 35.3 Å². The molecule has 0 heterocycles. The van der Waals surface area contributed by atoms with Gasteiger partial charge in [-0.15, -0.1) is 6.58 Å². The van der Waals surface area contributed by atoms with E-state index in [4.69, 9.17) is 4.74 Å². The summed E-state index contributed by atoms with van der Waals surface area (Å²) in [6.07, 6.45) is 18.4. The van der Waals surface area contributed by atoms with Gasteiger partial charge in [0.25, 0.3) is 0 Å². The molecule has 3 fully saturated rings. The lowest BCUT2D eigenvalue weighted by atomic mass is 9.64. The second kappa shape index (κ2) is 13.5. The van der Waals surface area contributed by atoms with Crippen molar-refractivity contribution >= 4 is 0 Å². The van der Waals surface area contributed by atoms with E-state index >= 15 is 0 Å². The van der Waals surface area contributed by atoms with Gasteiger partial charge in [0.1, 0.15) is 0 Å². The first-order valence-corrected chi connectivity index (χ1v) is 15.9. The van der Waals surface area contributed by atoms with Gasteiger partial charge in [-0.25, -0.2) is 4.39 Å². The van der Waals surface area contributed by atoms with E-state index in [9.17, 15) is 8.78 Å². The summed E-state index contributed by atoms with van der Waals surface area (Å²) in [5.41, 5.74) is 3.49. The molecule has 39 heavy (non-hydrogen) atoms. The summed E-state index contributed by atoms with van der Waals surface area (Å²) in [7, 11) is 0. The SMILES string of the molecule is C=CCCc1ccc(OCC2CCC3CC(c4ccc(C5CCC(CCC)CC5)cc4)CCC3C2)c(F)c1F. The van der Waals surface area contributed by atoms with Gasteiger partial charge in [-0.3, -0.25) is 0 Å². The summed E-state index contributed by atoms with van der Waals surface area (Å²) in [5.74, 6) is 2.80. The number of rotatable bonds is 10. The molecular formula is C36H48F2O. The van der Waals surface area contributed by atoms with Crippen molar-refractivity contribution in [2.45, 2.75) is 109 Å². The van der Waals surface area contributed by atoms with Crippen molar-refractivity contribution in [1.82, 2.24) is 0 Å². The lowest BCUT2D eigenvalue weighted by molar-refractivity contribution is 0.0902. The maximum atomic E-state index is 14.6. The molecule has 0 radical (unpaired) electrons. The lowest BCUT2D eigenvalue weighted by Gasteiger charge is -2.42. The highest BCUT2D eigenvalue weighted by molar-refractivity contribution is 5.31. The predicted molar refractivity (Wildman–Crippen MR) is 157 cm³/mol. The van der Waals surface area contributed by atoms with E-state index in [1.807, 2.05) is 0 Å². The molecule has 0 aromatic heterocycles. The molecule has 4 atom stereocenters. The summed E-state index contributed by atoms with van der Waals surface area (Å²) < 4.78 is 34.8. The number of fused-ring (bicyclic) bond motifs is 1. The molecule has 0 bridgehead atoms. The van der Waals surface area contributed by atoms with Crippen LogP contribution < -0.4 is 4.74 Å². The number of hydrogen-bond acceptors (Lipinski definition) is 1. The number of benzene rings is 2. The molecule has 2 aromatic rings. The van der Waals surface area contributed by atoms with E-state index in [-0.39, 0.29) is 5.75 Å². The smallest absolute Gasteiger partial charge is 0.200 e. The highest BCUT2D eigenvalue weighted by Gasteiger charge is 2.36. The Morgan fingerprint density at radius 3 is 2.13 bits per heavy atom. The normalized spacial score (nSPS) is 29.0. The second-order valence-corrected chi connectivity index (χ2v) is 12.9. The van der Waals surface area contributed by atoms with Crippen molar-refractivity contribution in [1.29, 1.82) is 0 Å². The molecule has 0 amide bonds. The van der Waals surface area contributed by atoms with Gasteiger partial charge in [0.2, 0.25) is 5.82 Å². The molecule has 2 aromatic carbocycles. The van der Waals surface area contributed by atoms with Gasteiger partial charge in [0.05, 0.1) is 6.61 Å². The highest BCUT2D eigenvalue weighted by Crippen LogP contribution is 2.48. The summed E-state index contributed by atoms with van der Waals surface area (Å²) in [6.45, 7) is 6.46. The van der Waals surface area contributed by atoms with Crippen LogP contribution in [0.2, 0.25) is 0 Å². The van der Waals surface area contributed by atoms with E-state index in [1.54, 1.807) is 23.8 Å². The third-order valence-electron chi connectivity index (χ3n) is 10.4. The minimum atomic E-state index is -0.846. The molecule has 5 rings (SSSR count). The highest BCUT2D eigenvalue weighted by atomic mass is 19.2. The second-order valence-electron chi connectivity index (χ2n) is 12.9. The Bertz CT molecular complexity index is 1070. The van der Waals surface area contributed by atoms with Gasteiger partial charge in [-0.05, 0) is 135 Å². The third-order valence-corrected chi connectivity index (χ3v) is 10.4. The van der Waals surface area contributed by atoms with Crippen molar-refractivity contribution in [3.63, 3.8) is 0 Å². The topological polar surface area (TPSA) is 9.23 Å². The van der Waals surface area contributed by atoms with E-state index in [1.165, 1.54) is 69.8 Å². The molecule has 3 aliphatic rings. The molecule has 1 nitrogen and oxygen atoms in total. The van der Waals surface area contributed by atoms with Crippen molar-refractivity contribution in [3.05, 3.63) is 77.4 Å². The quantitative estimate of drug-likeness (QED) is 0.275. The monoisotopic (exact) mass is 534 g/mol. The molecule has 3 heteroatoms. The zero-order valence-corrected chi connectivity index (χ0v) is 24.0. The fraction of sp³-hybridized carbons (Fsp3) is 0.611. The molecule has 212 valence electrons. The van der Waals surface area contributed by atoms with Crippen LogP contribution in [0.3, 0.4) is 0 Å². The Hall–Kier alpha value is -2.16. The molecule has 0 spiro atoms. The van der Waals surface area contributed by atoms with Crippen molar-refractivity contribution in [2.24, 2.45) is 23.7 Å². The number of halogens is 2. The Labute approximate surface area is 235 Å². The number of allylic oxidation sites excluding steroid dienone is 1. The van der Waals surface area contributed by atoms with Crippen LogP contribution in [0.15, 0.2) is 49.1 Å². The minimum Gasteiger partial charge on any atom is -0.490 e. The first-order chi connectivity index (χ1) is 19.1. The minimum absolute atomic E-state index is 0.0538. The first kappa shape index (κ1) is 28.4. The summed E-state index contributed by atoms with van der Waals surface area (Å²) >= 11 is 0. The van der Waals surface area contributed by atoms with Crippen LogP contribution in [0.1, 0.15) is 119 Å². The van der Waals surface area contributed by atoms with Crippen molar-refractivity contribution in [3.8, 4) is 5.75 Å². The van der Waals surface area contributed by atoms with E-state index in [0.717, 1.165) is 36.5 Å². The maximum absolute atomic E-state index is 14.6. The largest absolute Gasteiger partial charge is 0.490 e. The van der Waals surface area contributed by atoms with Gasteiger partial charge in [-0.1, -0.05) is 56.2 Å². The van der Waals surface area contributed by atoms with Gasteiger partial charge < -0.3 is 4.74 Å². The van der Waals surface area contributed by atoms with Crippen LogP contribution in [0.5, 0.6) is 5.75 Å². The first-order valence-electron chi connectivity index (χ1n) is 15.9. The average Bonchev–Trinajstić information content (AvgIpc) is 2.98. The number of ether oxygens (including phenoxy) is 1. The molecule has 0 N–H and O–H groups in total. The maximum Gasteiger partial charge on any atom is 0.200 e. The molecule has 0 aliphatic heterocycles. The Morgan fingerprint density at radius 2 is 1.41 bits per heavy atom.